The van der Waals surface area contributed by atoms with E-state index < -0.39 is 0 Å². The summed E-state index contributed by atoms with van der Waals surface area (Å²) in [5.41, 5.74) is 2.36. The number of fused-ring (bicyclic) bond motifs is 1. The third-order valence-electron chi connectivity index (χ3n) is 3.36. The molecule has 0 saturated heterocycles. The predicted octanol–water partition coefficient (Wildman–Crippen LogP) is 3.93. The van der Waals surface area contributed by atoms with Crippen molar-refractivity contribution >= 4 is 39.9 Å². The second-order valence-electron chi connectivity index (χ2n) is 4.70. The second kappa shape index (κ2) is 6.42. The molecule has 0 aliphatic rings. The molecule has 5 nitrogen and oxygen atoms in total. The number of methoxy groups -OCH3 is 1. The summed E-state index contributed by atoms with van der Waals surface area (Å²) in [6.45, 7) is 0.669. The summed E-state index contributed by atoms with van der Waals surface area (Å²) in [5.74, 6) is 0.886. The molecule has 2 N–H and O–H groups in total. The third kappa shape index (κ3) is 2.96. The molecule has 0 amide bonds. The van der Waals surface area contributed by atoms with Crippen molar-refractivity contribution in [1.29, 1.82) is 0 Å². The quantitative estimate of drug-likeness (QED) is 0.547. The molecule has 0 atom stereocenters. The number of nitrogens with one attached hydrogen (secondary N) is 2. The van der Waals surface area contributed by atoms with Gasteiger partial charge in [0, 0.05) is 23.6 Å². The van der Waals surface area contributed by atoms with Crippen LogP contribution in [-0.4, -0.2) is 28.6 Å². The van der Waals surface area contributed by atoms with Crippen molar-refractivity contribution in [3.63, 3.8) is 0 Å². The maximum atomic E-state index is 5.99. The maximum Gasteiger partial charge on any atom is 0.226 e. The summed E-state index contributed by atoms with van der Waals surface area (Å²) in [5, 5.41) is 4.68. The molecule has 0 fully saturated rings. The van der Waals surface area contributed by atoms with Gasteiger partial charge in [0.2, 0.25) is 5.28 Å². The Hall–Kier alpha value is -1.98. The van der Waals surface area contributed by atoms with E-state index in [4.69, 9.17) is 27.9 Å². The van der Waals surface area contributed by atoms with Crippen LogP contribution in [0, 0.1) is 0 Å². The Balaban J connectivity index is 1.73. The smallest absolute Gasteiger partial charge is 0.226 e. The van der Waals surface area contributed by atoms with Gasteiger partial charge in [-0.2, -0.15) is 4.98 Å². The lowest BCUT2D eigenvalue weighted by Crippen LogP contribution is -2.08. The molecule has 3 aromatic rings. The van der Waals surface area contributed by atoms with Crippen LogP contribution >= 0.6 is 23.2 Å². The fourth-order valence-corrected chi connectivity index (χ4v) is 2.81. The van der Waals surface area contributed by atoms with E-state index in [9.17, 15) is 0 Å². The van der Waals surface area contributed by atoms with E-state index in [0.29, 0.717) is 18.1 Å². The number of aromatic nitrogens is 3. The van der Waals surface area contributed by atoms with Gasteiger partial charge in [-0.25, -0.2) is 4.98 Å². The zero-order valence-electron chi connectivity index (χ0n) is 11.9. The first kappa shape index (κ1) is 14.9. The van der Waals surface area contributed by atoms with Gasteiger partial charge in [-0.05, 0) is 29.7 Å². The predicted molar refractivity (Wildman–Crippen MR) is 89.1 cm³/mol. The number of nitrogens with zero attached hydrogens (tertiary/aromatic N) is 2. The minimum Gasteiger partial charge on any atom is -0.490 e. The minimum absolute atomic E-state index is 0.0837. The topological polar surface area (TPSA) is 62.8 Å². The number of H-pyrrole nitrogens is 1. The van der Waals surface area contributed by atoms with Crippen molar-refractivity contribution < 1.29 is 4.74 Å². The first-order valence-corrected chi connectivity index (χ1v) is 7.50. The van der Waals surface area contributed by atoms with Gasteiger partial charge in [0.1, 0.15) is 0 Å². The number of hydrogen-bond donors (Lipinski definition) is 2. The Labute approximate surface area is 137 Å². The highest BCUT2D eigenvalue weighted by molar-refractivity contribution is 6.33. The van der Waals surface area contributed by atoms with Crippen LogP contribution in [0.25, 0.3) is 10.9 Å². The van der Waals surface area contributed by atoms with Crippen molar-refractivity contribution in [2.75, 3.05) is 19.0 Å². The molecule has 2 heterocycles. The average molecular weight is 337 g/mol. The third-order valence-corrected chi connectivity index (χ3v) is 3.79. The van der Waals surface area contributed by atoms with Gasteiger partial charge >= 0.3 is 0 Å². The van der Waals surface area contributed by atoms with Gasteiger partial charge in [-0.3, -0.25) is 0 Å². The van der Waals surface area contributed by atoms with Crippen molar-refractivity contribution in [2.45, 2.75) is 6.42 Å². The van der Waals surface area contributed by atoms with Crippen molar-refractivity contribution in [2.24, 2.45) is 0 Å². The molecule has 7 heteroatoms. The highest BCUT2D eigenvalue weighted by Gasteiger charge is 2.13. The normalized spacial score (nSPS) is 10.9. The number of para-hydroxylation sites is 1. The van der Waals surface area contributed by atoms with Crippen LogP contribution in [0.15, 0.2) is 30.5 Å². The zero-order valence-corrected chi connectivity index (χ0v) is 13.4. The minimum atomic E-state index is 0.0837. The molecule has 0 bridgehead atoms. The molecule has 0 saturated carbocycles. The molecule has 2 aromatic heterocycles. The fraction of sp³-hybridized carbons (Fsp3) is 0.200. The van der Waals surface area contributed by atoms with Crippen molar-refractivity contribution in [3.05, 3.63) is 46.5 Å². The fourth-order valence-electron chi connectivity index (χ4n) is 2.35. The van der Waals surface area contributed by atoms with E-state index in [2.05, 4.69) is 32.4 Å². The van der Waals surface area contributed by atoms with Crippen molar-refractivity contribution in [3.8, 4) is 5.75 Å². The standard InChI is InChI=1S/C15H14Cl2N4O/c1-22-12-13(16)20-15(17)21-14(12)18-7-6-9-8-19-11-5-3-2-4-10(9)11/h2-5,8,19H,6-7H2,1H3,(H,18,20,21). The van der Waals surface area contributed by atoms with E-state index in [1.165, 1.54) is 18.1 Å². The maximum absolute atomic E-state index is 5.99. The number of rotatable bonds is 5. The molecular formula is C15H14Cl2N4O. The SMILES string of the molecule is COc1c(Cl)nc(Cl)nc1NCCc1c[nH]c2ccccc12. The van der Waals surface area contributed by atoms with Crippen LogP contribution in [0.1, 0.15) is 5.56 Å². The summed E-state index contributed by atoms with van der Waals surface area (Å²) >= 11 is 11.8. The van der Waals surface area contributed by atoms with Gasteiger partial charge in [0.15, 0.2) is 16.7 Å². The largest absolute Gasteiger partial charge is 0.490 e. The van der Waals surface area contributed by atoms with Gasteiger partial charge in [0.05, 0.1) is 7.11 Å². The molecule has 0 aliphatic carbocycles. The Morgan fingerprint density at radius 3 is 2.86 bits per heavy atom. The van der Waals surface area contributed by atoms with Crippen LogP contribution in [0.3, 0.4) is 0 Å². The number of benzene rings is 1. The lowest BCUT2D eigenvalue weighted by Gasteiger charge is -2.11. The zero-order chi connectivity index (χ0) is 15.5. The Morgan fingerprint density at radius 2 is 2.05 bits per heavy atom. The molecule has 0 radical (unpaired) electrons. The number of anilines is 1. The first-order valence-electron chi connectivity index (χ1n) is 6.75. The summed E-state index contributed by atoms with van der Waals surface area (Å²) in [4.78, 5) is 11.2. The molecule has 3 rings (SSSR count). The first-order chi connectivity index (χ1) is 10.7. The van der Waals surface area contributed by atoms with E-state index in [0.717, 1.165) is 11.9 Å². The molecule has 0 spiro atoms. The number of ether oxygens (including phenoxy) is 1. The average Bonchev–Trinajstić information content (AvgIpc) is 2.90. The highest BCUT2D eigenvalue weighted by atomic mass is 35.5. The number of hydrogen-bond acceptors (Lipinski definition) is 4. The van der Waals surface area contributed by atoms with Gasteiger partial charge < -0.3 is 15.0 Å². The van der Waals surface area contributed by atoms with Gasteiger partial charge in [0.25, 0.3) is 0 Å². The van der Waals surface area contributed by atoms with E-state index in [1.54, 1.807) is 0 Å². The number of halogens is 2. The molecule has 22 heavy (non-hydrogen) atoms. The summed E-state index contributed by atoms with van der Waals surface area (Å²) in [7, 11) is 1.52. The summed E-state index contributed by atoms with van der Waals surface area (Å²) in [6.07, 6.45) is 2.84. The summed E-state index contributed by atoms with van der Waals surface area (Å²) < 4.78 is 5.20. The molecule has 114 valence electrons. The van der Waals surface area contributed by atoms with Gasteiger partial charge in [-0.15, -0.1) is 0 Å². The molecule has 1 aromatic carbocycles. The van der Waals surface area contributed by atoms with Crippen LogP contribution in [0.2, 0.25) is 10.4 Å². The lowest BCUT2D eigenvalue weighted by molar-refractivity contribution is 0.413. The van der Waals surface area contributed by atoms with Crippen LogP contribution in [0.5, 0.6) is 5.75 Å². The van der Waals surface area contributed by atoms with E-state index in [1.807, 2.05) is 18.3 Å². The molecule has 0 unspecified atom stereocenters. The Kier molecular flexibility index (Phi) is 4.36. The van der Waals surface area contributed by atoms with E-state index >= 15 is 0 Å². The Bertz CT molecular complexity index is 803. The van der Waals surface area contributed by atoms with Crippen molar-refractivity contribution in [1.82, 2.24) is 15.0 Å². The molecular weight excluding hydrogens is 323 g/mol. The Morgan fingerprint density at radius 1 is 1.23 bits per heavy atom. The highest BCUT2D eigenvalue weighted by Crippen LogP contribution is 2.30. The molecule has 0 aliphatic heterocycles. The lowest BCUT2D eigenvalue weighted by atomic mass is 10.1. The van der Waals surface area contributed by atoms with Crippen LogP contribution in [-0.2, 0) is 6.42 Å². The van der Waals surface area contributed by atoms with Crippen LogP contribution < -0.4 is 10.1 Å². The second-order valence-corrected chi connectivity index (χ2v) is 5.40. The summed E-state index contributed by atoms with van der Waals surface area (Å²) in [6, 6.07) is 8.19. The van der Waals surface area contributed by atoms with Crippen LogP contribution in [0.4, 0.5) is 5.82 Å². The number of aromatic amines is 1. The monoisotopic (exact) mass is 336 g/mol. The van der Waals surface area contributed by atoms with E-state index in [-0.39, 0.29) is 10.4 Å². The van der Waals surface area contributed by atoms with Gasteiger partial charge in [-0.1, -0.05) is 29.8 Å².